The van der Waals surface area contributed by atoms with Crippen molar-refractivity contribution in [3.63, 3.8) is 0 Å². The van der Waals surface area contributed by atoms with E-state index in [0.717, 1.165) is 0 Å². The van der Waals surface area contributed by atoms with Gasteiger partial charge in [0.2, 0.25) is 11.8 Å². The first kappa shape index (κ1) is 18.8. The first-order chi connectivity index (χ1) is 11.4. The lowest BCUT2D eigenvalue weighted by molar-refractivity contribution is -0.121. The second-order valence-electron chi connectivity index (χ2n) is 8.06. The number of urea groups is 1. The number of carbonyl (C=O) groups excluding carboxylic acids is 2. The smallest absolute Gasteiger partial charge is 0.319 e. The Morgan fingerprint density at radius 2 is 1.80 bits per heavy atom. The van der Waals surface area contributed by atoms with Gasteiger partial charge in [0.25, 0.3) is 0 Å². The molecule has 0 fully saturated rings. The molecule has 1 heterocycles. The van der Waals surface area contributed by atoms with Crippen molar-refractivity contribution in [1.29, 1.82) is 0 Å². The van der Waals surface area contributed by atoms with Crippen LogP contribution in [0, 0.1) is 0 Å². The number of hydrogen-bond acceptors (Lipinski definition) is 4. The number of nitrogens with zero attached hydrogens (tertiary/aromatic N) is 1. The second kappa shape index (κ2) is 6.74. The van der Waals surface area contributed by atoms with E-state index >= 15 is 0 Å². The maximum absolute atomic E-state index is 11.9. The molecule has 0 atom stereocenters. The van der Waals surface area contributed by atoms with Crippen molar-refractivity contribution in [3.05, 3.63) is 24.1 Å². The molecule has 136 valence electrons. The van der Waals surface area contributed by atoms with E-state index in [-0.39, 0.29) is 23.4 Å². The summed E-state index contributed by atoms with van der Waals surface area (Å²) >= 11 is 0. The number of nitrogens with one attached hydrogen (secondary N) is 3. The van der Waals surface area contributed by atoms with Gasteiger partial charge in [-0.2, -0.15) is 0 Å². The fourth-order valence-electron chi connectivity index (χ4n) is 2.12. The summed E-state index contributed by atoms with van der Waals surface area (Å²) in [5, 5.41) is 7.99. The van der Waals surface area contributed by atoms with Crippen LogP contribution in [0.15, 0.2) is 22.6 Å². The topological polar surface area (TPSA) is 96.3 Å². The summed E-state index contributed by atoms with van der Waals surface area (Å²) in [6.45, 7) is 11.6. The second-order valence-corrected chi connectivity index (χ2v) is 8.06. The standard InChI is InChI=1S/C18H26N4O3/c1-17(2,3)15-21-12-9-11(7-8-13(12)25-15)20-16(24)19-10-14(23)22-18(4,5)6/h7-9H,10H2,1-6H3,(H,22,23)(H2,19,20,24). The van der Waals surface area contributed by atoms with Crippen molar-refractivity contribution >= 4 is 28.7 Å². The number of anilines is 1. The lowest BCUT2D eigenvalue weighted by atomic mass is 9.97. The van der Waals surface area contributed by atoms with Crippen LogP contribution in [-0.2, 0) is 10.2 Å². The molecular weight excluding hydrogens is 320 g/mol. The molecule has 0 saturated carbocycles. The molecule has 0 aliphatic heterocycles. The van der Waals surface area contributed by atoms with Gasteiger partial charge in [0.15, 0.2) is 5.58 Å². The normalized spacial score (nSPS) is 12.1. The Morgan fingerprint density at radius 1 is 1.12 bits per heavy atom. The molecule has 25 heavy (non-hydrogen) atoms. The third kappa shape index (κ3) is 5.48. The zero-order valence-electron chi connectivity index (χ0n) is 15.6. The first-order valence-corrected chi connectivity index (χ1v) is 8.21. The molecule has 0 spiro atoms. The highest BCUT2D eigenvalue weighted by Crippen LogP contribution is 2.27. The molecule has 1 aromatic carbocycles. The summed E-state index contributed by atoms with van der Waals surface area (Å²) in [5.41, 5.74) is 1.39. The molecule has 0 saturated heterocycles. The van der Waals surface area contributed by atoms with Gasteiger partial charge < -0.3 is 20.4 Å². The maximum atomic E-state index is 11.9. The molecule has 0 unspecified atom stereocenters. The summed E-state index contributed by atoms with van der Waals surface area (Å²) in [4.78, 5) is 28.1. The van der Waals surface area contributed by atoms with E-state index in [1.165, 1.54) is 0 Å². The van der Waals surface area contributed by atoms with Crippen molar-refractivity contribution < 1.29 is 14.0 Å². The first-order valence-electron chi connectivity index (χ1n) is 8.21. The van der Waals surface area contributed by atoms with Crippen LogP contribution < -0.4 is 16.0 Å². The molecule has 1 aromatic heterocycles. The number of carbonyl (C=O) groups is 2. The lowest BCUT2D eigenvalue weighted by Gasteiger charge is -2.20. The van der Waals surface area contributed by atoms with Crippen LogP contribution in [0.25, 0.3) is 11.1 Å². The Bertz CT molecular complexity index is 782. The highest BCUT2D eigenvalue weighted by molar-refractivity contribution is 5.93. The fraction of sp³-hybridized carbons (Fsp3) is 0.500. The fourth-order valence-corrected chi connectivity index (χ4v) is 2.12. The Hall–Kier alpha value is -2.57. The molecule has 7 nitrogen and oxygen atoms in total. The number of amides is 3. The number of benzene rings is 1. The Balaban J connectivity index is 1.98. The highest BCUT2D eigenvalue weighted by atomic mass is 16.3. The molecule has 7 heteroatoms. The summed E-state index contributed by atoms with van der Waals surface area (Å²) in [7, 11) is 0. The van der Waals surface area contributed by atoms with Gasteiger partial charge in [0.05, 0.1) is 6.54 Å². The lowest BCUT2D eigenvalue weighted by Crippen LogP contribution is -2.46. The van der Waals surface area contributed by atoms with E-state index in [1.807, 2.05) is 41.5 Å². The van der Waals surface area contributed by atoms with E-state index in [9.17, 15) is 9.59 Å². The van der Waals surface area contributed by atoms with E-state index in [4.69, 9.17) is 4.42 Å². The summed E-state index contributed by atoms with van der Waals surface area (Å²) in [6, 6.07) is 4.78. The van der Waals surface area contributed by atoms with Gasteiger partial charge in [-0.1, -0.05) is 20.8 Å². The molecule has 0 bridgehead atoms. The Kier molecular flexibility index (Phi) is 5.06. The molecule has 2 aromatic rings. The number of rotatable bonds is 3. The predicted molar refractivity (Wildman–Crippen MR) is 97.6 cm³/mol. The molecular formula is C18H26N4O3. The minimum Gasteiger partial charge on any atom is -0.440 e. The number of oxazole rings is 1. The average Bonchev–Trinajstić information content (AvgIpc) is 2.86. The highest BCUT2D eigenvalue weighted by Gasteiger charge is 2.21. The predicted octanol–water partition coefficient (Wildman–Crippen LogP) is 3.16. The van der Waals surface area contributed by atoms with Crippen molar-refractivity contribution in [2.24, 2.45) is 0 Å². The van der Waals surface area contributed by atoms with Gasteiger partial charge in [0, 0.05) is 16.6 Å². The molecule has 0 radical (unpaired) electrons. The van der Waals surface area contributed by atoms with Gasteiger partial charge in [-0.15, -0.1) is 0 Å². The third-order valence-corrected chi connectivity index (χ3v) is 3.21. The third-order valence-electron chi connectivity index (χ3n) is 3.21. The minimum absolute atomic E-state index is 0.0938. The molecule has 3 N–H and O–H groups in total. The van der Waals surface area contributed by atoms with Crippen LogP contribution in [0.1, 0.15) is 47.4 Å². The molecule has 3 amide bonds. The van der Waals surface area contributed by atoms with E-state index < -0.39 is 6.03 Å². The minimum atomic E-state index is -0.456. The van der Waals surface area contributed by atoms with Crippen LogP contribution >= 0.6 is 0 Å². The van der Waals surface area contributed by atoms with Gasteiger partial charge in [0.1, 0.15) is 5.52 Å². The van der Waals surface area contributed by atoms with Gasteiger partial charge in [-0.05, 0) is 39.0 Å². The van der Waals surface area contributed by atoms with Gasteiger partial charge in [-0.25, -0.2) is 9.78 Å². The van der Waals surface area contributed by atoms with Crippen LogP contribution in [0.3, 0.4) is 0 Å². The van der Waals surface area contributed by atoms with E-state index in [1.54, 1.807) is 18.2 Å². The number of aromatic nitrogens is 1. The Morgan fingerprint density at radius 3 is 2.40 bits per heavy atom. The zero-order valence-corrected chi connectivity index (χ0v) is 15.6. The summed E-state index contributed by atoms with van der Waals surface area (Å²) < 4.78 is 5.73. The maximum Gasteiger partial charge on any atom is 0.319 e. The molecule has 0 aliphatic carbocycles. The van der Waals surface area contributed by atoms with Crippen molar-refractivity contribution in [3.8, 4) is 0 Å². The zero-order chi connectivity index (χ0) is 18.8. The molecule has 2 rings (SSSR count). The van der Waals surface area contributed by atoms with Crippen molar-refractivity contribution in [2.75, 3.05) is 11.9 Å². The monoisotopic (exact) mass is 346 g/mol. The quantitative estimate of drug-likeness (QED) is 0.795. The average molecular weight is 346 g/mol. The number of hydrogen-bond donors (Lipinski definition) is 3. The Labute approximate surface area is 147 Å². The van der Waals surface area contributed by atoms with Crippen molar-refractivity contribution in [1.82, 2.24) is 15.6 Å². The number of fused-ring (bicyclic) bond motifs is 1. The van der Waals surface area contributed by atoms with Crippen LogP contribution in [0.5, 0.6) is 0 Å². The molecule has 0 aliphatic rings. The van der Waals surface area contributed by atoms with E-state index in [0.29, 0.717) is 22.7 Å². The summed E-state index contributed by atoms with van der Waals surface area (Å²) in [6.07, 6.45) is 0. The van der Waals surface area contributed by atoms with Gasteiger partial charge >= 0.3 is 6.03 Å². The van der Waals surface area contributed by atoms with E-state index in [2.05, 4.69) is 20.9 Å². The van der Waals surface area contributed by atoms with Gasteiger partial charge in [-0.3, -0.25) is 4.79 Å². The van der Waals surface area contributed by atoms with Crippen LogP contribution in [0.4, 0.5) is 10.5 Å². The van der Waals surface area contributed by atoms with Crippen molar-refractivity contribution in [2.45, 2.75) is 52.5 Å². The largest absolute Gasteiger partial charge is 0.440 e. The van der Waals surface area contributed by atoms with Crippen LogP contribution in [0.2, 0.25) is 0 Å². The van der Waals surface area contributed by atoms with Crippen LogP contribution in [-0.4, -0.2) is 29.0 Å². The summed E-state index contributed by atoms with van der Waals surface area (Å²) in [5.74, 6) is 0.396. The SMILES string of the molecule is CC(C)(C)NC(=O)CNC(=O)Nc1ccc2oc(C(C)(C)C)nc2c1.